The van der Waals surface area contributed by atoms with Gasteiger partial charge in [-0.05, 0) is 56.2 Å². The van der Waals surface area contributed by atoms with Gasteiger partial charge in [-0.2, -0.15) is 13.2 Å². The monoisotopic (exact) mass is 694 g/mol. The predicted octanol–water partition coefficient (Wildman–Crippen LogP) is 8.69. The molecule has 0 atom stereocenters. The molecule has 1 heterocycles. The van der Waals surface area contributed by atoms with E-state index in [1.807, 2.05) is 0 Å². The molecule has 0 N–H and O–H groups in total. The van der Waals surface area contributed by atoms with E-state index in [9.17, 15) is 31.5 Å². The van der Waals surface area contributed by atoms with Crippen LogP contribution in [0.1, 0.15) is 54.9 Å². The van der Waals surface area contributed by atoms with Gasteiger partial charge in [-0.3, -0.25) is 9.59 Å². The van der Waals surface area contributed by atoms with Gasteiger partial charge in [0.25, 0.3) is 5.91 Å². The quantitative estimate of drug-likeness (QED) is 0.0798. The van der Waals surface area contributed by atoms with Crippen molar-refractivity contribution in [1.29, 1.82) is 0 Å². The molecule has 0 aliphatic carbocycles. The Morgan fingerprint density at radius 1 is 0.911 bits per heavy atom. The number of methoxy groups -OCH3 is 1. The van der Waals surface area contributed by atoms with E-state index in [4.69, 9.17) is 9.47 Å². The van der Waals surface area contributed by atoms with E-state index in [2.05, 4.69) is 15.9 Å². The Morgan fingerprint density at radius 2 is 1.60 bits per heavy atom. The van der Waals surface area contributed by atoms with E-state index in [0.717, 1.165) is 72.8 Å². The average molecular weight is 696 g/mol. The molecule has 1 aromatic heterocycles. The van der Waals surface area contributed by atoms with Gasteiger partial charge in [-0.25, -0.2) is 8.78 Å². The summed E-state index contributed by atoms with van der Waals surface area (Å²) in [6, 6.07) is 10.1. The van der Waals surface area contributed by atoms with Crippen LogP contribution in [0.25, 0.3) is 16.6 Å². The highest BCUT2D eigenvalue weighted by atomic mass is 79.9. The molecule has 4 rings (SSSR count). The Hall–Kier alpha value is -3.93. The van der Waals surface area contributed by atoms with Crippen LogP contribution in [0.15, 0.2) is 65.6 Å². The summed E-state index contributed by atoms with van der Waals surface area (Å²) in [5.74, 6) is -2.44. The Bertz CT molecular complexity index is 1700. The van der Waals surface area contributed by atoms with Crippen molar-refractivity contribution in [3.05, 3.63) is 93.8 Å². The molecule has 3 aromatic carbocycles. The lowest BCUT2D eigenvalue weighted by molar-refractivity contribution is -0.137. The average Bonchev–Trinajstić information content (AvgIpc) is 3.00. The maximum absolute atomic E-state index is 14.0. The molecule has 240 valence electrons. The normalized spacial score (nSPS) is 11.6. The summed E-state index contributed by atoms with van der Waals surface area (Å²) in [6.07, 6.45) is 1.40. The van der Waals surface area contributed by atoms with Crippen LogP contribution < -0.4 is 19.8 Å². The molecule has 0 saturated carbocycles. The number of unbranched alkanes of at least 4 members (excludes halogenated alkanes) is 4. The first-order valence-electron chi connectivity index (χ1n) is 14.4. The van der Waals surface area contributed by atoms with E-state index >= 15 is 0 Å². The van der Waals surface area contributed by atoms with Crippen molar-refractivity contribution in [2.24, 2.45) is 0 Å². The molecule has 12 heteroatoms. The number of pyridine rings is 1. The molecule has 6 nitrogen and oxygen atoms in total. The van der Waals surface area contributed by atoms with E-state index in [-0.39, 0.29) is 34.6 Å². The highest BCUT2D eigenvalue weighted by Crippen LogP contribution is 2.35. The Balaban J connectivity index is 1.84. The fourth-order valence-corrected chi connectivity index (χ4v) is 5.36. The minimum atomic E-state index is -4.72. The molecule has 0 bridgehead atoms. The summed E-state index contributed by atoms with van der Waals surface area (Å²) in [5, 5.41) is 0.980. The van der Waals surface area contributed by atoms with Crippen molar-refractivity contribution >= 4 is 38.4 Å². The minimum Gasteiger partial charge on any atom is -0.497 e. The summed E-state index contributed by atoms with van der Waals surface area (Å²) in [5.41, 5.74) is -2.10. The van der Waals surface area contributed by atoms with Crippen LogP contribution in [-0.2, 0) is 6.18 Å². The number of ether oxygens (including phenoxy) is 2. The maximum Gasteiger partial charge on any atom is 0.416 e. The third-order valence-corrected chi connectivity index (χ3v) is 7.77. The lowest BCUT2D eigenvalue weighted by Crippen LogP contribution is -2.35. The van der Waals surface area contributed by atoms with Crippen molar-refractivity contribution in [3.63, 3.8) is 0 Å². The van der Waals surface area contributed by atoms with Crippen LogP contribution in [0.5, 0.6) is 11.5 Å². The van der Waals surface area contributed by atoms with Gasteiger partial charge < -0.3 is 18.9 Å². The van der Waals surface area contributed by atoms with Gasteiger partial charge in [0.1, 0.15) is 28.7 Å². The summed E-state index contributed by atoms with van der Waals surface area (Å²) in [4.78, 5) is 28.5. The highest BCUT2D eigenvalue weighted by Gasteiger charge is 2.32. The number of nitrogens with zero attached hydrogens (tertiary/aromatic N) is 2. The molecule has 0 aliphatic rings. The number of carbonyl (C=O) groups excluding carboxylic acids is 1. The van der Waals surface area contributed by atoms with Crippen molar-refractivity contribution in [2.75, 3.05) is 30.5 Å². The number of halogens is 6. The fourth-order valence-electron chi connectivity index (χ4n) is 4.97. The Kier molecular flexibility index (Phi) is 11.2. The first-order chi connectivity index (χ1) is 21.5. The Labute approximate surface area is 265 Å². The van der Waals surface area contributed by atoms with E-state index < -0.39 is 40.3 Å². The highest BCUT2D eigenvalue weighted by molar-refractivity contribution is 9.09. The number of hydrogen-bond acceptors (Lipinski definition) is 4. The molecule has 45 heavy (non-hydrogen) atoms. The molecular formula is C33H32BrF5N2O4. The van der Waals surface area contributed by atoms with E-state index in [1.54, 1.807) is 13.0 Å². The van der Waals surface area contributed by atoms with E-state index in [0.29, 0.717) is 18.4 Å². The number of fused-ring (bicyclic) bond motifs is 1. The van der Waals surface area contributed by atoms with Crippen molar-refractivity contribution < 1.29 is 36.2 Å². The molecular weight excluding hydrogens is 663 g/mol. The van der Waals surface area contributed by atoms with Crippen molar-refractivity contribution in [3.8, 4) is 17.2 Å². The number of rotatable bonds is 13. The summed E-state index contributed by atoms with van der Waals surface area (Å²) in [7, 11) is 1.22. The molecule has 0 saturated heterocycles. The first kappa shape index (κ1) is 34.0. The van der Waals surface area contributed by atoms with Crippen molar-refractivity contribution in [2.45, 2.75) is 45.2 Å². The third-order valence-electron chi connectivity index (χ3n) is 7.21. The number of benzene rings is 3. The topological polar surface area (TPSA) is 60.8 Å². The second-order valence-corrected chi connectivity index (χ2v) is 11.1. The van der Waals surface area contributed by atoms with E-state index in [1.165, 1.54) is 29.9 Å². The van der Waals surface area contributed by atoms with Gasteiger partial charge in [0.05, 0.1) is 24.8 Å². The second kappa shape index (κ2) is 14.9. The van der Waals surface area contributed by atoms with Crippen LogP contribution in [0, 0.1) is 11.6 Å². The summed E-state index contributed by atoms with van der Waals surface area (Å²) < 4.78 is 82.0. The van der Waals surface area contributed by atoms with Crippen LogP contribution >= 0.6 is 15.9 Å². The predicted molar refractivity (Wildman–Crippen MR) is 167 cm³/mol. The van der Waals surface area contributed by atoms with Crippen LogP contribution in [0.2, 0.25) is 0 Å². The first-order valence-corrected chi connectivity index (χ1v) is 15.5. The Morgan fingerprint density at radius 3 is 2.24 bits per heavy atom. The smallest absolute Gasteiger partial charge is 0.416 e. The number of amides is 1. The molecule has 0 fully saturated rings. The van der Waals surface area contributed by atoms with Gasteiger partial charge in [0.15, 0.2) is 0 Å². The molecule has 0 spiro atoms. The zero-order chi connectivity index (χ0) is 32.7. The minimum absolute atomic E-state index is 0.0285. The molecule has 0 unspecified atom stereocenters. The van der Waals surface area contributed by atoms with Crippen LogP contribution in [0.4, 0.5) is 27.6 Å². The largest absolute Gasteiger partial charge is 0.497 e. The third kappa shape index (κ3) is 8.22. The maximum atomic E-state index is 14.0. The molecule has 4 aromatic rings. The van der Waals surface area contributed by atoms with Gasteiger partial charge in [-0.1, -0.05) is 35.2 Å². The number of aromatic nitrogens is 1. The van der Waals surface area contributed by atoms with Gasteiger partial charge in [-0.15, -0.1) is 0 Å². The summed E-state index contributed by atoms with van der Waals surface area (Å²) in [6.45, 7) is 1.90. The number of carbonyl (C=O) groups is 1. The fraction of sp³-hybridized carbons (Fsp3) is 0.333. The van der Waals surface area contributed by atoms with Gasteiger partial charge in [0, 0.05) is 53.0 Å². The van der Waals surface area contributed by atoms with Gasteiger partial charge >= 0.3 is 6.18 Å². The number of anilines is 1. The summed E-state index contributed by atoms with van der Waals surface area (Å²) >= 11 is 3.41. The second-order valence-electron chi connectivity index (χ2n) is 10.3. The van der Waals surface area contributed by atoms with Crippen LogP contribution in [0.3, 0.4) is 0 Å². The lowest BCUT2D eigenvalue weighted by atomic mass is 10.1. The SMILES string of the molecule is CCN(C(=O)c1cn(-c2cc(OC)cc(C(F)(F)F)c2)c2cc(OCCCCCCCBr)ccc2c1=O)c1cc(F)cc(F)c1. The van der Waals surface area contributed by atoms with Crippen molar-refractivity contribution in [1.82, 2.24) is 4.57 Å². The zero-order valence-electron chi connectivity index (χ0n) is 24.7. The standard InChI is InChI=1S/C33H32BrF5N2O4/c1-3-40(25-16-22(35)15-23(36)17-25)32(43)29-20-41(24-13-21(33(37,38)39)14-27(18-24)44-2)30-19-26(9-10-28(30)31(29)42)45-12-8-6-4-5-7-11-34/h9-10,13-20H,3-8,11-12H2,1-2H3. The zero-order valence-corrected chi connectivity index (χ0v) is 26.3. The number of hydrogen-bond donors (Lipinski definition) is 0. The number of alkyl halides is 4. The molecule has 0 aliphatic heterocycles. The van der Waals surface area contributed by atoms with Crippen LogP contribution in [-0.4, -0.2) is 36.1 Å². The van der Waals surface area contributed by atoms with Gasteiger partial charge in [0.2, 0.25) is 5.43 Å². The molecule has 0 radical (unpaired) electrons. The molecule has 1 amide bonds. The lowest BCUT2D eigenvalue weighted by Gasteiger charge is -2.23.